The molecule has 92 valence electrons. The van der Waals surface area contributed by atoms with Crippen LogP contribution >= 0.6 is 11.6 Å². The van der Waals surface area contributed by atoms with E-state index in [0.29, 0.717) is 5.02 Å². The Balaban J connectivity index is 2.24. The van der Waals surface area contributed by atoms with E-state index in [1.54, 1.807) is 6.92 Å². The summed E-state index contributed by atoms with van der Waals surface area (Å²) in [5.41, 5.74) is 2.20. The Hall–Kier alpha value is -1.60. The number of Topliss-reactive ketones (excluding diaryl/α,β-unsaturated/α-hetero) is 1. The van der Waals surface area contributed by atoms with Crippen molar-refractivity contribution in [1.29, 1.82) is 0 Å². The molecule has 2 heteroatoms. The van der Waals surface area contributed by atoms with Crippen LogP contribution in [0.15, 0.2) is 54.6 Å². The molecule has 2 rings (SSSR count). The topological polar surface area (TPSA) is 17.1 Å². The van der Waals surface area contributed by atoms with Crippen molar-refractivity contribution in [3.05, 3.63) is 70.7 Å². The lowest BCUT2D eigenvalue weighted by Crippen LogP contribution is -2.11. The lowest BCUT2D eigenvalue weighted by Gasteiger charge is -2.14. The number of ketones is 1. The summed E-state index contributed by atoms with van der Waals surface area (Å²) < 4.78 is 0. The molecular weight excluding hydrogens is 244 g/mol. The quantitative estimate of drug-likeness (QED) is 0.801. The largest absolute Gasteiger partial charge is 0.299 e. The second-order valence-corrected chi connectivity index (χ2v) is 4.84. The SMILES string of the molecule is CC(=O)C(Cc1ccccc1)c1ccc(Cl)cc1. The molecule has 0 heterocycles. The second-order valence-electron chi connectivity index (χ2n) is 4.40. The highest BCUT2D eigenvalue weighted by Gasteiger charge is 2.17. The lowest BCUT2D eigenvalue weighted by molar-refractivity contribution is -0.118. The number of halogens is 1. The minimum absolute atomic E-state index is 0.0929. The molecule has 1 atom stereocenters. The molecule has 0 aromatic heterocycles. The Morgan fingerprint density at radius 2 is 1.67 bits per heavy atom. The normalized spacial score (nSPS) is 12.1. The Morgan fingerprint density at radius 1 is 1.06 bits per heavy atom. The van der Waals surface area contributed by atoms with Crippen molar-refractivity contribution in [3.8, 4) is 0 Å². The van der Waals surface area contributed by atoms with Crippen LogP contribution in [0.2, 0.25) is 5.02 Å². The average Bonchev–Trinajstić information content (AvgIpc) is 2.38. The van der Waals surface area contributed by atoms with Crippen molar-refractivity contribution in [3.63, 3.8) is 0 Å². The van der Waals surface area contributed by atoms with Gasteiger partial charge in [-0.2, -0.15) is 0 Å². The van der Waals surface area contributed by atoms with E-state index in [-0.39, 0.29) is 11.7 Å². The smallest absolute Gasteiger partial charge is 0.137 e. The van der Waals surface area contributed by atoms with Gasteiger partial charge in [0.1, 0.15) is 5.78 Å². The average molecular weight is 259 g/mol. The predicted octanol–water partition coefficient (Wildman–Crippen LogP) is 4.26. The fraction of sp³-hybridized carbons (Fsp3) is 0.188. The van der Waals surface area contributed by atoms with E-state index < -0.39 is 0 Å². The van der Waals surface area contributed by atoms with Gasteiger partial charge in [0.05, 0.1) is 0 Å². The van der Waals surface area contributed by atoms with Gasteiger partial charge in [-0.3, -0.25) is 4.79 Å². The molecule has 0 aliphatic rings. The number of rotatable bonds is 4. The third kappa shape index (κ3) is 3.21. The van der Waals surface area contributed by atoms with E-state index in [9.17, 15) is 4.79 Å². The van der Waals surface area contributed by atoms with Crippen molar-refractivity contribution in [1.82, 2.24) is 0 Å². The first-order valence-corrected chi connectivity index (χ1v) is 6.34. The van der Waals surface area contributed by atoms with Gasteiger partial charge in [0.2, 0.25) is 0 Å². The molecule has 0 amide bonds. The number of hydrogen-bond acceptors (Lipinski definition) is 1. The molecule has 0 N–H and O–H groups in total. The van der Waals surface area contributed by atoms with Gasteiger partial charge in [0, 0.05) is 10.9 Å². The van der Waals surface area contributed by atoms with Crippen molar-refractivity contribution in [2.24, 2.45) is 0 Å². The molecule has 0 saturated carbocycles. The maximum atomic E-state index is 11.8. The van der Waals surface area contributed by atoms with Crippen LogP contribution in [-0.2, 0) is 11.2 Å². The van der Waals surface area contributed by atoms with Crippen LogP contribution in [0.3, 0.4) is 0 Å². The van der Waals surface area contributed by atoms with Gasteiger partial charge in [-0.15, -0.1) is 0 Å². The Kier molecular flexibility index (Phi) is 4.16. The molecule has 0 bridgehead atoms. The molecule has 18 heavy (non-hydrogen) atoms. The molecule has 0 radical (unpaired) electrons. The Morgan fingerprint density at radius 3 is 2.22 bits per heavy atom. The maximum Gasteiger partial charge on any atom is 0.137 e. The zero-order valence-electron chi connectivity index (χ0n) is 10.3. The first kappa shape index (κ1) is 12.8. The fourth-order valence-corrected chi connectivity index (χ4v) is 2.17. The van der Waals surface area contributed by atoms with Crippen LogP contribution in [0.25, 0.3) is 0 Å². The molecular formula is C16H15ClO. The van der Waals surface area contributed by atoms with Crippen LogP contribution in [0.4, 0.5) is 0 Å². The van der Waals surface area contributed by atoms with Crippen molar-refractivity contribution < 1.29 is 4.79 Å². The summed E-state index contributed by atoms with van der Waals surface area (Å²) in [5.74, 6) is 0.0887. The third-order valence-corrected chi connectivity index (χ3v) is 3.30. The molecule has 0 aliphatic heterocycles. The zero-order valence-corrected chi connectivity index (χ0v) is 11.0. The van der Waals surface area contributed by atoms with Gasteiger partial charge < -0.3 is 0 Å². The van der Waals surface area contributed by atoms with Crippen LogP contribution in [0.1, 0.15) is 24.0 Å². The molecule has 1 nitrogen and oxygen atoms in total. The van der Waals surface area contributed by atoms with E-state index in [0.717, 1.165) is 12.0 Å². The van der Waals surface area contributed by atoms with Gasteiger partial charge >= 0.3 is 0 Å². The van der Waals surface area contributed by atoms with E-state index >= 15 is 0 Å². The van der Waals surface area contributed by atoms with Gasteiger partial charge in [0.15, 0.2) is 0 Å². The highest BCUT2D eigenvalue weighted by Crippen LogP contribution is 2.23. The first-order valence-electron chi connectivity index (χ1n) is 5.96. The van der Waals surface area contributed by atoms with Gasteiger partial charge in [-0.1, -0.05) is 54.1 Å². The molecule has 2 aromatic carbocycles. The van der Waals surface area contributed by atoms with E-state index in [1.807, 2.05) is 54.6 Å². The highest BCUT2D eigenvalue weighted by atomic mass is 35.5. The lowest BCUT2D eigenvalue weighted by atomic mass is 9.89. The summed E-state index contributed by atoms with van der Waals surface area (Å²) in [7, 11) is 0. The fourth-order valence-electron chi connectivity index (χ4n) is 2.04. The molecule has 0 aliphatic carbocycles. The minimum atomic E-state index is -0.0929. The molecule has 1 unspecified atom stereocenters. The Bertz CT molecular complexity index is 517. The monoisotopic (exact) mass is 258 g/mol. The number of benzene rings is 2. The van der Waals surface area contributed by atoms with Crippen LogP contribution in [-0.4, -0.2) is 5.78 Å². The number of carbonyl (C=O) groups is 1. The number of hydrogen-bond donors (Lipinski definition) is 0. The molecule has 0 saturated heterocycles. The summed E-state index contributed by atoms with van der Waals surface area (Å²) >= 11 is 5.87. The summed E-state index contributed by atoms with van der Waals surface area (Å²) in [6, 6.07) is 17.6. The molecule has 0 fully saturated rings. The standard InChI is InChI=1S/C16H15ClO/c1-12(18)16(11-13-5-3-2-4-6-13)14-7-9-15(17)10-8-14/h2-10,16H,11H2,1H3. The van der Waals surface area contributed by atoms with Crippen LogP contribution in [0, 0.1) is 0 Å². The van der Waals surface area contributed by atoms with Gasteiger partial charge in [-0.25, -0.2) is 0 Å². The van der Waals surface area contributed by atoms with Crippen LogP contribution in [0.5, 0.6) is 0 Å². The van der Waals surface area contributed by atoms with Crippen molar-refractivity contribution in [2.75, 3.05) is 0 Å². The second kappa shape index (κ2) is 5.83. The van der Waals surface area contributed by atoms with Crippen molar-refractivity contribution >= 4 is 17.4 Å². The molecule has 2 aromatic rings. The Labute approximate surface area is 112 Å². The van der Waals surface area contributed by atoms with E-state index in [4.69, 9.17) is 11.6 Å². The summed E-state index contributed by atoms with van der Waals surface area (Å²) in [4.78, 5) is 11.8. The minimum Gasteiger partial charge on any atom is -0.299 e. The summed E-state index contributed by atoms with van der Waals surface area (Å²) in [6.07, 6.45) is 0.734. The summed E-state index contributed by atoms with van der Waals surface area (Å²) in [5, 5.41) is 0.695. The predicted molar refractivity (Wildman–Crippen MR) is 75.0 cm³/mol. The maximum absolute atomic E-state index is 11.8. The van der Waals surface area contributed by atoms with Gasteiger partial charge in [0.25, 0.3) is 0 Å². The zero-order chi connectivity index (χ0) is 13.0. The van der Waals surface area contributed by atoms with E-state index in [2.05, 4.69) is 0 Å². The van der Waals surface area contributed by atoms with Crippen molar-refractivity contribution in [2.45, 2.75) is 19.3 Å². The molecule has 0 spiro atoms. The first-order chi connectivity index (χ1) is 8.66. The third-order valence-electron chi connectivity index (χ3n) is 3.05. The highest BCUT2D eigenvalue weighted by molar-refractivity contribution is 6.30. The van der Waals surface area contributed by atoms with Gasteiger partial charge in [-0.05, 0) is 36.6 Å². The summed E-state index contributed by atoms with van der Waals surface area (Å²) in [6.45, 7) is 1.64. The van der Waals surface area contributed by atoms with Crippen LogP contribution < -0.4 is 0 Å². The van der Waals surface area contributed by atoms with E-state index in [1.165, 1.54) is 5.56 Å². The number of carbonyl (C=O) groups excluding carboxylic acids is 1.